The molecule has 1 aromatic heterocycles. The molecule has 1 aliphatic heterocycles. The maximum atomic E-state index is 13.4. The van der Waals surface area contributed by atoms with Crippen LogP contribution in [0.3, 0.4) is 0 Å². The van der Waals surface area contributed by atoms with Gasteiger partial charge in [-0.25, -0.2) is 14.2 Å². The van der Waals surface area contributed by atoms with Crippen LogP contribution in [0.5, 0.6) is 0 Å². The highest BCUT2D eigenvalue weighted by Gasteiger charge is 2.51. The number of rotatable bonds is 6. The highest BCUT2D eigenvalue weighted by Crippen LogP contribution is 2.33. The second-order valence-corrected chi connectivity index (χ2v) is 9.73. The summed E-state index contributed by atoms with van der Waals surface area (Å²) < 4.78 is 14.5. The summed E-state index contributed by atoms with van der Waals surface area (Å²) in [6, 6.07) is 18.1. The van der Waals surface area contributed by atoms with Gasteiger partial charge in [-0.05, 0) is 73.0 Å². The largest absolute Gasteiger partial charge is 0.325 e. The van der Waals surface area contributed by atoms with Gasteiger partial charge in [0.25, 0.3) is 5.91 Å². The van der Waals surface area contributed by atoms with Crippen molar-refractivity contribution in [1.29, 1.82) is 0 Å². The van der Waals surface area contributed by atoms with Crippen LogP contribution in [0.1, 0.15) is 24.5 Å². The highest BCUT2D eigenvalue weighted by atomic mass is 32.1. The molecule has 0 radical (unpaired) electrons. The number of aryl methyl sites for hydroxylation is 1. The number of amides is 4. The molecule has 0 unspecified atom stereocenters. The standard InChI is InChI=1S/C27H23FN4O3S/c1-3-27(18-7-9-19(28)10-8-18)25(34)32(26(35)31-27)15-23(33)29-20-11-5-17(6-12-20)24-30-21-13-4-16(2)14-22(21)36-24/h4-14H,3,15H2,1-2H3,(H,29,33)(H,31,35)/t27-/m1/s1. The van der Waals surface area contributed by atoms with Crippen LogP contribution < -0.4 is 10.6 Å². The molecule has 0 saturated carbocycles. The van der Waals surface area contributed by atoms with Crippen LogP contribution in [0.25, 0.3) is 20.8 Å². The van der Waals surface area contributed by atoms with Gasteiger partial charge in [-0.15, -0.1) is 11.3 Å². The van der Waals surface area contributed by atoms with Gasteiger partial charge >= 0.3 is 6.03 Å². The summed E-state index contributed by atoms with van der Waals surface area (Å²) in [5, 5.41) is 6.31. The molecule has 9 heteroatoms. The monoisotopic (exact) mass is 502 g/mol. The van der Waals surface area contributed by atoms with E-state index in [0.717, 1.165) is 25.7 Å². The first-order valence-electron chi connectivity index (χ1n) is 11.5. The summed E-state index contributed by atoms with van der Waals surface area (Å²) in [7, 11) is 0. The summed E-state index contributed by atoms with van der Waals surface area (Å²) in [5.41, 5.74) is 2.71. The highest BCUT2D eigenvalue weighted by molar-refractivity contribution is 7.21. The van der Waals surface area contributed by atoms with Crippen LogP contribution in [-0.2, 0) is 15.1 Å². The van der Waals surface area contributed by atoms with Gasteiger partial charge in [0.05, 0.1) is 10.2 Å². The van der Waals surface area contributed by atoms with Crippen molar-refractivity contribution in [2.75, 3.05) is 11.9 Å². The van der Waals surface area contributed by atoms with Crippen LogP contribution in [-0.4, -0.2) is 34.3 Å². The fourth-order valence-electron chi connectivity index (χ4n) is 4.34. The Hall–Kier alpha value is -4.11. The van der Waals surface area contributed by atoms with E-state index in [1.165, 1.54) is 29.8 Å². The molecule has 2 heterocycles. The van der Waals surface area contributed by atoms with Crippen LogP contribution in [0.15, 0.2) is 66.7 Å². The maximum Gasteiger partial charge on any atom is 0.325 e. The topological polar surface area (TPSA) is 91.4 Å². The first-order chi connectivity index (χ1) is 17.3. The Bertz CT molecular complexity index is 1480. The zero-order valence-electron chi connectivity index (χ0n) is 19.7. The van der Waals surface area contributed by atoms with Gasteiger partial charge in [-0.3, -0.25) is 14.5 Å². The first-order valence-corrected chi connectivity index (χ1v) is 12.3. The molecule has 3 aromatic carbocycles. The van der Waals surface area contributed by atoms with E-state index in [2.05, 4.69) is 21.7 Å². The molecule has 0 spiro atoms. The van der Waals surface area contributed by atoms with Crippen molar-refractivity contribution in [1.82, 2.24) is 15.2 Å². The molecule has 1 saturated heterocycles. The van der Waals surface area contributed by atoms with E-state index in [0.29, 0.717) is 11.3 Å². The smallest absolute Gasteiger partial charge is 0.325 e. The molecule has 7 nitrogen and oxygen atoms in total. The van der Waals surface area contributed by atoms with E-state index in [1.807, 2.05) is 31.2 Å². The van der Waals surface area contributed by atoms with Crippen molar-refractivity contribution >= 4 is 45.1 Å². The molecule has 0 aliphatic carbocycles. The minimum atomic E-state index is -1.33. The van der Waals surface area contributed by atoms with Crippen molar-refractivity contribution in [3.8, 4) is 10.6 Å². The fraction of sp³-hybridized carbons (Fsp3) is 0.185. The summed E-state index contributed by atoms with van der Waals surface area (Å²) in [5.74, 6) is -1.49. The Labute approximate surface area is 211 Å². The normalized spacial score (nSPS) is 17.5. The number of hydrogen-bond donors (Lipinski definition) is 2. The molecule has 0 bridgehead atoms. The fourth-order valence-corrected chi connectivity index (χ4v) is 5.41. The van der Waals surface area contributed by atoms with Gasteiger partial charge in [0.1, 0.15) is 22.9 Å². The second kappa shape index (κ2) is 9.16. The van der Waals surface area contributed by atoms with E-state index >= 15 is 0 Å². The Morgan fingerprint density at radius 2 is 1.81 bits per heavy atom. The lowest BCUT2D eigenvalue weighted by Gasteiger charge is -2.25. The number of nitrogens with zero attached hydrogens (tertiary/aromatic N) is 2. The Kier molecular flexibility index (Phi) is 6.01. The SMILES string of the molecule is CC[C@]1(c2ccc(F)cc2)NC(=O)N(CC(=O)Nc2ccc(-c3nc4ccc(C)cc4s3)cc2)C1=O. The predicted molar refractivity (Wildman–Crippen MR) is 137 cm³/mol. The van der Waals surface area contributed by atoms with Crippen LogP contribution in [0.4, 0.5) is 14.9 Å². The Balaban J connectivity index is 1.28. The molecule has 1 fully saturated rings. The van der Waals surface area contributed by atoms with Gasteiger partial charge in [-0.1, -0.05) is 25.1 Å². The second-order valence-electron chi connectivity index (χ2n) is 8.70. The molecular formula is C27H23FN4O3S. The average Bonchev–Trinajstić information content (AvgIpc) is 3.39. The van der Waals surface area contributed by atoms with Gasteiger partial charge in [-0.2, -0.15) is 0 Å². The Morgan fingerprint density at radius 3 is 2.50 bits per heavy atom. The summed E-state index contributed by atoms with van der Waals surface area (Å²) in [6.07, 6.45) is 0.258. The zero-order chi connectivity index (χ0) is 25.4. The quantitative estimate of drug-likeness (QED) is 0.354. The summed E-state index contributed by atoms with van der Waals surface area (Å²) >= 11 is 1.60. The van der Waals surface area contributed by atoms with Crippen molar-refractivity contribution in [2.24, 2.45) is 0 Å². The van der Waals surface area contributed by atoms with Gasteiger partial charge in [0.15, 0.2) is 0 Å². The van der Waals surface area contributed by atoms with Crippen molar-refractivity contribution in [3.05, 3.63) is 83.7 Å². The van der Waals surface area contributed by atoms with Gasteiger partial charge in [0.2, 0.25) is 5.91 Å². The number of imide groups is 1. The average molecular weight is 503 g/mol. The minimum absolute atomic E-state index is 0.258. The van der Waals surface area contributed by atoms with E-state index in [1.54, 1.807) is 30.4 Å². The number of nitrogens with one attached hydrogen (secondary N) is 2. The van der Waals surface area contributed by atoms with E-state index in [4.69, 9.17) is 0 Å². The number of hydrogen-bond acceptors (Lipinski definition) is 5. The molecule has 1 atom stereocenters. The lowest BCUT2D eigenvalue weighted by Crippen LogP contribution is -2.44. The zero-order valence-corrected chi connectivity index (χ0v) is 20.5. The molecule has 5 rings (SSSR count). The number of aromatic nitrogens is 1. The predicted octanol–water partition coefficient (Wildman–Crippen LogP) is 5.21. The number of carbonyl (C=O) groups excluding carboxylic acids is 3. The van der Waals surface area contributed by atoms with Gasteiger partial charge in [0, 0.05) is 11.3 Å². The molecule has 4 aromatic rings. The third-order valence-corrected chi connectivity index (χ3v) is 7.37. The summed E-state index contributed by atoms with van der Waals surface area (Å²) in [4.78, 5) is 44.1. The molecule has 36 heavy (non-hydrogen) atoms. The van der Waals surface area contributed by atoms with E-state index in [9.17, 15) is 18.8 Å². The van der Waals surface area contributed by atoms with Crippen molar-refractivity contribution in [2.45, 2.75) is 25.8 Å². The van der Waals surface area contributed by atoms with Crippen LogP contribution in [0, 0.1) is 12.7 Å². The number of urea groups is 1. The number of carbonyl (C=O) groups is 3. The van der Waals surface area contributed by atoms with Gasteiger partial charge < -0.3 is 10.6 Å². The molecule has 4 amide bonds. The van der Waals surface area contributed by atoms with Crippen molar-refractivity contribution < 1.29 is 18.8 Å². The van der Waals surface area contributed by atoms with Crippen molar-refractivity contribution in [3.63, 3.8) is 0 Å². The number of benzene rings is 3. The third kappa shape index (κ3) is 4.22. The lowest BCUT2D eigenvalue weighted by molar-refractivity contribution is -0.134. The number of thiazole rings is 1. The first kappa shape index (κ1) is 23.6. The molecule has 2 N–H and O–H groups in total. The lowest BCUT2D eigenvalue weighted by atomic mass is 9.87. The molecule has 1 aliphatic rings. The molecular weight excluding hydrogens is 479 g/mol. The Morgan fingerprint density at radius 1 is 1.08 bits per heavy atom. The number of anilines is 1. The van der Waals surface area contributed by atoms with Crippen LogP contribution >= 0.6 is 11.3 Å². The van der Waals surface area contributed by atoms with E-state index in [-0.39, 0.29) is 6.42 Å². The van der Waals surface area contributed by atoms with Crippen LogP contribution in [0.2, 0.25) is 0 Å². The number of halogens is 1. The minimum Gasteiger partial charge on any atom is -0.325 e. The number of fused-ring (bicyclic) bond motifs is 1. The molecule has 182 valence electrons. The maximum absolute atomic E-state index is 13.4. The van der Waals surface area contributed by atoms with E-state index < -0.39 is 35.7 Å². The third-order valence-electron chi connectivity index (χ3n) is 6.30. The summed E-state index contributed by atoms with van der Waals surface area (Å²) in [6.45, 7) is 3.35.